The summed E-state index contributed by atoms with van der Waals surface area (Å²) in [7, 11) is 0. The van der Waals surface area contributed by atoms with Crippen LogP contribution in [0.3, 0.4) is 0 Å². The van der Waals surface area contributed by atoms with Crippen molar-refractivity contribution in [3.8, 4) is 78.7 Å². The molecule has 0 radical (unpaired) electrons. The molecule has 9 aromatic carbocycles. The highest BCUT2D eigenvalue weighted by atomic mass is 32.1. The average molecular weight is 842 g/mol. The summed E-state index contributed by atoms with van der Waals surface area (Å²) in [5, 5.41) is 1.65. The summed E-state index contributed by atoms with van der Waals surface area (Å²) in [6.07, 6.45) is 0. The van der Waals surface area contributed by atoms with Gasteiger partial charge in [0.15, 0.2) is 17.5 Å². The van der Waals surface area contributed by atoms with E-state index in [2.05, 4.69) is 0 Å². The predicted molar refractivity (Wildman–Crippen MR) is 264 cm³/mol. The summed E-state index contributed by atoms with van der Waals surface area (Å²) in [5.41, 5.74) is 3.76. The lowest BCUT2D eigenvalue weighted by atomic mass is 9.98. The molecule has 3 nitrogen and oxygen atoms in total. The Bertz CT molecular complexity index is 4520. The van der Waals surface area contributed by atoms with Crippen LogP contribution in [0, 0.1) is 0 Å². The lowest BCUT2D eigenvalue weighted by molar-refractivity contribution is 1.08. The van der Waals surface area contributed by atoms with Crippen LogP contribution in [0.5, 0.6) is 0 Å². The van der Waals surface area contributed by atoms with Gasteiger partial charge in [0.1, 0.15) is 0 Å². The average Bonchev–Trinajstić information content (AvgIpc) is 4.23. The van der Waals surface area contributed by atoms with Crippen LogP contribution in [-0.2, 0) is 0 Å². The molecule has 5 heteroatoms. The second-order valence-corrected chi connectivity index (χ2v) is 16.3. The van der Waals surface area contributed by atoms with Crippen LogP contribution >= 0.6 is 22.7 Å². The minimum absolute atomic E-state index is 0.0242. The van der Waals surface area contributed by atoms with Gasteiger partial charge in [-0.05, 0) is 74.8 Å². The standard InChI is InChI=1S/C57H35N3S2/c1-4-13-36(14-5-1)38-25-27-40(28-26-38)55-58-56(60-57(59-55)49-24-12-23-48-47-22-11-21-45(53(47)62-54(48)49)39-17-8-3-9-18-39)44-29-31-46-50-34-43(30-32-51(50)61-52(46)35-44)42-20-10-19-41(33-42)37-15-6-2-7-16-37/h1-35H/i2D,3D,6D,7D,8D,9D,15D,16D,17D,18D,29D,30D,31D,32D,34D,35D. The Kier molecular flexibility index (Phi) is 5.73. The smallest absolute Gasteiger partial charge is 0.165 e. The van der Waals surface area contributed by atoms with Crippen LogP contribution in [0.4, 0.5) is 0 Å². The highest BCUT2D eigenvalue weighted by Gasteiger charge is 2.19. The molecule has 0 amide bonds. The van der Waals surface area contributed by atoms with Crippen LogP contribution in [-0.4, -0.2) is 15.0 Å². The fourth-order valence-corrected chi connectivity index (χ4v) is 9.93. The first kappa shape index (κ1) is 23.4. The van der Waals surface area contributed by atoms with Gasteiger partial charge in [0.2, 0.25) is 0 Å². The number of benzene rings is 9. The van der Waals surface area contributed by atoms with Gasteiger partial charge in [-0.2, -0.15) is 0 Å². The van der Waals surface area contributed by atoms with Crippen molar-refractivity contribution >= 4 is 63.0 Å². The summed E-state index contributed by atoms with van der Waals surface area (Å²) in [6.45, 7) is 0. The molecule has 0 fully saturated rings. The first-order valence-electron chi connectivity index (χ1n) is 27.4. The van der Waals surface area contributed by atoms with E-state index in [0.29, 0.717) is 26.1 Å². The number of hydrogen-bond donors (Lipinski definition) is 0. The molecule has 290 valence electrons. The molecule has 0 saturated heterocycles. The van der Waals surface area contributed by atoms with Crippen molar-refractivity contribution in [1.82, 2.24) is 15.0 Å². The van der Waals surface area contributed by atoms with Gasteiger partial charge in [-0.15, -0.1) is 22.7 Å². The van der Waals surface area contributed by atoms with E-state index in [1.807, 2.05) is 78.9 Å². The van der Waals surface area contributed by atoms with Crippen molar-refractivity contribution in [3.63, 3.8) is 0 Å². The third-order valence-electron chi connectivity index (χ3n) is 10.6. The van der Waals surface area contributed by atoms with E-state index in [4.69, 9.17) is 28.7 Å². The molecule has 0 aliphatic carbocycles. The molecular formula is C57H35N3S2. The first-order chi connectivity index (χ1) is 37.4. The Hall–Kier alpha value is -7.57. The summed E-state index contributed by atoms with van der Waals surface area (Å²) < 4.78 is 143. The molecule has 0 bridgehead atoms. The predicted octanol–water partition coefficient (Wildman–Crippen LogP) is 16.3. The zero-order valence-corrected chi connectivity index (χ0v) is 33.8. The van der Waals surface area contributed by atoms with E-state index in [-0.39, 0.29) is 113 Å². The molecule has 62 heavy (non-hydrogen) atoms. The fourth-order valence-electron chi connectivity index (χ4n) is 7.63. The van der Waals surface area contributed by atoms with Gasteiger partial charge >= 0.3 is 0 Å². The first-order valence-corrected chi connectivity index (χ1v) is 21.1. The number of fused-ring (bicyclic) bond motifs is 6. The van der Waals surface area contributed by atoms with Crippen molar-refractivity contribution in [2.45, 2.75) is 0 Å². The number of thiophene rings is 2. The van der Waals surface area contributed by atoms with Crippen molar-refractivity contribution in [2.75, 3.05) is 0 Å². The van der Waals surface area contributed by atoms with Crippen LogP contribution in [0.25, 0.3) is 119 Å². The Labute approximate surface area is 389 Å². The van der Waals surface area contributed by atoms with Gasteiger partial charge in [-0.3, -0.25) is 0 Å². The van der Waals surface area contributed by atoms with E-state index in [1.54, 1.807) is 30.3 Å². The van der Waals surface area contributed by atoms with Crippen LogP contribution in [0.1, 0.15) is 21.9 Å². The van der Waals surface area contributed by atoms with Crippen molar-refractivity contribution < 1.29 is 21.9 Å². The third-order valence-corrected chi connectivity index (χ3v) is 12.9. The molecule has 0 aliphatic rings. The van der Waals surface area contributed by atoms with Crippen molar-refractivity contribution in [3.05, 3.63) is 212 Å². The van der Waals surface area contributed by atoms with Gasteiger partial charge in [-0.1, -0.05) is 182 Å². The molecule has 0 spiro atoms. The largest absolute Gasteiger partial charge is 0.208 e. The van der Waals surface area contributed by atoms with E-state index in [0.717, 1.165) is 33.2 Å². The van der Waals surface area contributed by atoms with Crippen LogP contribution < -0.4 is 0 Å². The molecule has 3 aromatic heterocycles. The highest BCUT2D eigenvalue weighted by Crippen LogP contribution is 2.44. The summed E-state index contributed by atoms with van der Waals surface area (Å²) in [6, 6.07) is 27.9. The molecule has 12 rings (SSSR count). The zero-order chi connectivity index (χ0) is 54.9. The van der Waals surface area contributed by atoms with Gasteiger partial charge in [0, 0.05) is 57.0 Å². The fraction of sp³-hybridized carbons (Fsp3) is 0. The van der Waals surface area contributed by atoms with E-state index >= 15 is 0 Å². The molecular weight excluding hydrogens is 791 g/mol. The van der Waals surface area contributed by atoms with Gasteiger partial charge < -0.3 is 0 Å². The zero-order valence-electron chi connectivity index (χ0n) is 48.1. The van der Waals surface area contributed by atoms with Crippen molar-refractivity contribution in [1.29, 1.82) is 0 Å². The number of hydrogen-bond acceptors (Lipinski definition) is 5. The maximum Gasteiger partial charge on any atom is 0.165 e. The topological polar surface area (TPSA) is 38.7 Å². The third kappa shape index (κ3) is 6.47. The minimum Gasteiger partial charge on any atom is -0.208 e. The monoisotopic (exact) mass is 841 g/mol. The Morgan fingerprint density at radius 2 is 0.903 bits per heavy atom. The van der Waals surface area contributed by atoms with Crippen LogP contribution in [0.15, 0.2) is 212 Å². The quantitative estimate of drug-likeness (QED) is 0.160. The minimum atomic E-state index is -0.555. The molecule has 0 N–H and O–H groups in total. The maximum atomic E-state index is 9.82. The maximum absolute atomic E-state index is 9.82. The number of rotatable bonds is 7. The Morgan fingerprint density at radius 1 is 0.323 bits per heavy atom. The molecule has 0 atom stereocenters. The second-order valence-electron chi connectivity index (χ2n) is 14.3. The Morgan fingerprint density at radius 3 is 1.66 bits per heavy atom. The highest BCUT2D eigenvalue weighted by molar-refractivity contribution is 7.27. The molecule has 0 unspecified atom stereocenters. The molecule has 3 heterocycles. The molecule has 0 aliphatic heterocycles. The Balaban J connectivity index is 1.07. The van der Waals surface area contributed by atoms with Crippen molar-refractivity contribution in [2.24, 2.45) is 0 Å². The van der Waals surface area contributed by atoms with Gasteiger partial charge in [0.05, 0.1) is 21.9 Å². The number of aromatic nitrogens is 3. The second kappa shape index (κ2) is 15.2. The molecule has 0 saturated carbocycles. The van der Waals surface area contributed by atoms with E-state index in [1.165, 1.54) is 17.4 Å². The van der Waals surface area contributed by atoms with Gasteiger partial charge in [-0.25, -0.2) is 15.0 Å². The van der Waals surface area contributed by atoms with E-state index in [9.17, 15) is 8.22 Å². The van der Waals surface area contributed by atoms with Gasteiger partial charge in [0.25, 0.3) is 0 Å². The van der Waals surface area contributed by atoms with E-state index < -0.39 is 54.4 Å². The van der Waals surface area contributed by atoms with Crippen LogP contribution in [0.2, 0.25) is 0 Å². The lowest BCUT2D eigenvalue weighted by Gasteiger charge is -2.10. The lowest BCUT2D eigenvalue weighted by Crippen LogP contribution is -2.00. The normalized spacial score (nSPS) is 15.2. The SMILES string of the molecule is [2H]c1c([2H])c([2H])c(-c2cccc(-c3c([2H])c([2H])c4sc5c([2H])c(-c6nc(-c7ccc(-c8ccccc8)cc7)nc(-c7cccc8c7sc7c(-c9c([2H])c([2H])c([2H])c([2H])c9[2H])cccc78)n6)c([2H])c([2H])c5c4c3[2H])c2)c([2H])c1[2H]. The number of nitrogens with zero attached hydrogens (tertiary/aromatic N) is 3. The summed E-state index contributed by atoms with van der Waals surface area (Å²) in [5.74, 6) is 0.235. The summed E-state index contributed by atoms with van der Waals surface area (Å²) in [4.78, 5) is 14.9. The summed E-state index contributed by atoms with van der Waals surface area (Å²) >= 11 is 2.27. The molecule has 12 aromatic rings.